The zero-order chi connectivity index (χ0) is 31.5. The van der Waals surface area contributed by atoms with E-state index in [-0.39, 0.29) is 44.2 Å². The molecule has 5 aliphatic rings. The molecule has 4 heterocycles. The van der Waals surface area contributed by atoms with Crippen LogP contribution in [0.1, 0.15) is 110 Å². The zero-order valence-electron chi connectivity index (χ0n) is 28.8. The number of aliphatic hydroxyl groups excluding tert-OH is 2. The summed E-state index contributed by atoms with van der Waals surface area (Å²) in [7, 11) is 0. The Morgan fingerprint density at radius 2 is 1.95 bits per heavy atom. The number of nitrogens with zero attached hydrogens (tertiary/aromatic N) is 2. The van der Waals surface area contributed by atoms with E-state index in [0.717, 1.165) is 57.1 Å². The Bertz CT molecular complexity index is 1090. The van der Waals surface area contributed by atoms with Gasteiger partial charge >= 0.3 is 0 Å². The number of rotatable bonds is 8. The van der Waals surface area contributed by atoms with Crippen LogP contribution in [0, 0.1) is 36.0 Å². The number of aliphatic hydroxyl groups is 2. The second-order valence-corrected chi connectivity index (χ2v) is 13.8. The Hall–Kier alpha value is -0.721. The van der Waals surface area contributed by atoms with Crippen molar-refractivity contribution in [1.82, 2.24) is 0 Å². The van der Waals surface area contributed by atoms with Crippen molar-refractivity contribution in [3.63, 3.8) is 0 Å². The van der Waals surface area contributed by atoms with Gasteiger partial charge in [0, 0.05) is 47.0 Å². The minimum absolute atomic E-state index is 0. The van der Waals surface area contributed by atoms with Crippen LogP contribution in [-0.4, -0.2) is 45.6 Å². The first-order valence-corrected chi connectivity index (χ1v) is 16.8. The van der Waals surface area contributed by atoms with E-state index in [2.05, 4.69) is 59.0 Å². The van der Waals surface area contributed by atoms with Gasteiger partial charge in [-0.1, -0.05) is 66.9 Å². The molecule has 5 rings (SSSR count). The molecule has 0 saturated carbocycles. The third-order valence-corrected chi connectivity index (χ3v) is 11.4. The molecule has 2 N–H and O–H groups in total. The molecule has 4 unspecified atom stereocenters. The fourth-order valence-corrected chi connectivity index (χ4v) is 8.43. The summed E-state index contributed by atoms with van der Waals surface area (Å²) >= 11 is 1.98. The van der Waals surface area contributed by atoms with Gasteiger partial charge in [-0.25, -0.2) is 6.42 Å². The van der Waals surface area contributed by atoms with Crippen LogP contribution in [0.15, 0.2) is 39.1 Å². The fourth-order valence-electron chi connectivity index (χ4n) is 7.03. The molecule has 2 saturated heterocycles. The number of ether oxygens (including phenoxy) is 1. The van der Waals surface area contributed by atoms with Crippen molar-refractivity contribution in [2.45, 2.75) is 136 Å². The molecule has 0 spiro atoms. The molecular weight excluding hydrogens is 709 g/mol. The number of fused-ring (bicyclic) bond motifs is 4. The summed E-state index contributed by atoms with van der Waals surface area (Å²) in [5.74, 6) is 3.16. The fraction of sp³-hybridized carbons (Fsp3) is 0.765. The summed E-state index contributed by atoms with van der Waals surface area (Å²) in [5, 5.41) is 25.6. The van der Waals surface area contributed by atoms with Crippen LogP contribution in [0.4, 0.5) is 0 Å². The summed E-state index contributed by atoms with van der Waals surface area (Å²) in [6.45, 7) is 10.8. The van der Waals surface area contributed by atoms with E-state index in [9.17, 15) is 10.2 Å². The van der Waals surface area contributed by atoms with Gasteiger partial charge in [0.15, 0.2) is 6.23 Å². The van der Waals surface area contributed by atoms with Gasteiger partial charge in [0.1, 0.15) is 0 Å². The average Bonchev–Trinajstić information content (AvgIpc) is 3.49. The second kappa shape index (κ2) is 15.8. The molecule has 41 heavy (non-hydrogen) atoms. The average molecular weight is 766 g/mol. The maximum Gasteiger partial charge on any atom is 0.171 e. The van der Waals surface area contributed by atoms with Crippen LogP contribution in [0.3, 0.4) is 0 Å². The minimum Gasteiger partial charge on any atom is -0.651 e. The van der Waals surface area contributed by atoms with Gasteiger partial charge in [0.25, 0.3) is 0 Å². The predicted octanol–water partition coefficient (Wildman–Crippen LogP) is 8.91. The van der Waals surface area contributed by atoms with Crippen LogP contribution in [-0.2, 0) is 24.8 Å². The number of aliphatic imine (C=N–C) groups is 1. The molecule has 0 aromatic rings. The van der Waals surface area contributed by atoms with Gasteiger partial charge in [0.05, 0.1) is 11.9 Å². The molecule has 1 aliphatic carbocycles. The molecule has 5 nitrogen and oxygen atoms in total. The molecule has 7 heteroatoms. The Morgan fingerprint density at radius 1 is 1.22 bits per heavy atom. The van der Waals surface area contributed by atoms with Gasteiger partial charge in [-0.05, 0) is 73.5 Å². The second-order valence-electron chi connectivity index (χ2n) is 12.3. The van der Waals surface area contributed by atoms with E-state index in [1.54, 1.807) is 6.08 Å². The van der Waals surface area contributed by atoms with Crippen molar-refractivity contribution in [3.8, 4) is 0 Å². The first kappa shape index (κ1) is 30.3. The van der Waals surface area contributed by atoms with E-state index in [1.165, 1.54) is 10.5 Å². The van der Waals surface area contributed by atoms with Gasteiger partial charge < -0.3 is 20.3 Å². The number of allylic oxidation sites excluding steroid dienone is 2. The summed E-state index contributed by atoms with van der Waals surface area (Å²) in [5.41, 5.74) is 1.59. The quantitative estimate of drug-likeness (QED) is 0.191. The van der Waals surface area contributed by atoms with E-state index in [1.807, 2.05) is 11.8 Å². The van der Waals surface area contributed by atoms with Crippen molar-refractivity contribution < 1.29 is 39.2 Å². The van der Waals surface area contributed by atoms with Crippen molar-refractivity contribution in [1.29, 1.82) is 0 Å². The predicted molar refractivity (Wildman–Crippen MR) is 169 cm³/mol. The molecule has 0 amide bonds. The molecule has 0 aromatic heterocycles. The van der Waals surface area contributed by atoms with Crippen molar-refractivity contribution in [2.75, 3.05) is 0 Å². The van der Waals surface area contributed by atoms with E-state index >= 15 is 0 Å². The monoisotopic (exact) mass is 766 g/mol. The largest absolute Gasteiger partial charge is 0.651 e. The van der Waals surface area contributed by atoms with Gasteiger partial charge in [0.2, 0.25) is 0 Å². The number of thioether (sulfide) groups is 1. The standard InChI is InChI=1S/C21H28N2OS.C13H26O2.Ir/c1-11-7-8-15-14-5-4-6-16(20(14)24-21(15)22-11)17-9-10-18-19(23-17)12(2)13(3)25-18;1-5-10(6-2)12(14)9-13(15)11(7-3)8-4;/h6,10,12-15,17,19,21H,4-5,7-9H2,1-3H3;9-12,14-15H,5-8H2,1-4H3;/q-2;;/b;13-9-;/t12-,13?,14+,15?,17-,19?,21?;12-;/m11./s1/i1D3;;. The molecular formula is C34H54IrN2O3S-2. The van der Waals surface area contributed by atoms with Crippen LogP contribution < -0.4 is 0 Å². The maximum absolute atomic E-state index is 9.88. The molecule has 4 aliphatic heterocycles. The molecule has 1 radical (unpaired) electrons. The van der Waals surface area contributed by atoms with Gasteiger partial charge in [-0.15, -0.1) is 30.3 Å². The summed E-state index contributed by atoms with van der Waals surface area (Å²) in [6, 6.07) is 0.496. The van der Waals surface area contributed by atoms with Crippen LogP contribution in [0.25, 0.3) is 5.32 Å². The van der Waals surface area contributed by atoms with Gasteiger partial charge in [-0.3, -0.25) is 4.99 Å². The first-order valence-electron chi connectivity index (χ1n) is 17.4. The molecule has 235 valence electrons. The topological polar surface area (TPSA) is 76.2 Å². The summed E-state index contributed by atoms with van der Waals surface area (Å²) in [4.78, 5) is 5.98. The van der Waals surface area contributed by atoms with Crippen molar-refractivity contribution in [2.24, 2.45) is 34.6 Å². The molecule has 0 aromatic carbocycles. The molecule has 8 atom stereocenters. The zero-order valence-corrected chi connectivity index (χ0v) is 29.0. The summed E-state index contributed by atoms with van der Waals surface area (Å²) < 4.78 is 29.4. The van der Waals surface area contributed by atoms with E-state index < -0.39 is 13.0 Å². The van der Waals surface area contributed by atoms with Crippen molar-refractivity contribution in [3.05, 3.63) is 45.9 Å². The third kappa shape index (κ3) is 7.87. The maximum atomic E-state index is 9.88. The van der Waals surface area contributed by atoms with E-state index in [4.69, 9.17) is 14.2 Å². The van der Waals surface area contributed by atoms with Crippen LogP contribution >= 0.6 is 11.8 Å². The smallest absolute Gasteiger partial charge is 0.171 e. The summed E-state index contributed by atoms with van der Waals surface area (Å²) in [6.07, 6.45) is 13.8. The van der Waals surface area contributed by atoms with Gasteiger partial charge in [-0.2, -0.15) is 5.57 Å². The van der Waals surface area contributed by atoms with Crippen LogP contribution in [0.5, 0.6) is 0 Å². The van der Waals surface area contributed by atoms with Crippen molar-refractivity contribution >= 4 is 17.5 Å². The number of hydrogen-bond donors (Lipinski definition) is 2. The Kier molecular flexibility index (Phi) is 11.7. The molecule has 2 fully saturated rings. The van der Waals surface area contributed by atoms with E-state index in [0.29, 0.717) is 46.9 Å². The third-order valence-electron chi connectivity index (χ3n) is 9.96. The Morgan fingerprint density at radius 3 is 2.61 bits per heavy atom. The SMILES string of the molecule is CCC(CC)/C(O)=C/[C@@H](O)C(CC)CC.[2H]C([2H])([2H])C1=NC2OC3=C([C@H]4CC=C5SC(C)[C@@H](C)C5[N-]4)[CH-]CC[C@H]3C2CC1.[Ir]. The Labute approximate surface area is 272 Å². The normalized spacial score (nSPS) is 34.7. The molecule has 0 bridgehead atoms. The minimum atomic E-state index is -2.10. The Balaban J connectivity index is 0.000000286. The first-order chi connectivity index (χ1) is 20.4. The van der Waals surface area contributed by atoms with Crippen LogP contribution in [0.2, 0.25) is 0 Å². The number of hydrogen-bond acceptors (Lipinski definition) is 5.